The second kappa shape index (κ2) is 8.34. The first-order valence-electron chi connectivity index (χ1n) is 8.50. The quantitative estimate of drug-likeness (QED) is 0.538. The van der Waals surface area contributed by atoms with Crippen LogP contribution in [0.15, 0.2) is 41.3 Å². The molecule has 2 aromatic rings. The van der Waals surface area contributed by atoms with Crippen LogP contribution in [-0.4, -0.2) is 25.5 Å². The molecule has 0 amide bonds. The van der Waals surface area contributed by atoms with Crippen LogP contribution in [-0.2, 0) is 15.2 Å². The molecule has 1 unspecified atom stereocenters. The Balaban J connectivity index is 2.23. The maximum absolute atomic E-state index is 14.4. The van der Waals surface area contributed by atoms with E-state index >= 15 is 0 Å². The van der Waals surface area contributed by atoms with Gasteiger partial charge in [-0.2, -0.15) is 13.2 Å². The number of halogens is 5. The average molecular weight is 478 g/mol. The van der Waals surface area contributed by atoms with Crippen LogP contribution in [0.3, 0.4) is 0 Å². The van der Waals surface area contributed by atoms with Crippen molar-refractivity contribution in [2.24, 2.45) is 0 Å². The number of rotatable bonds is 4. The molecule has 4 nitrogen and oxygen atoms in total. The molecular formula is C20H16Cl2F3NO3S. The van der Waals surface area contributed by atoms with Crippen molar-refractivity contribution in [3.8, 4) is 0 Å². The van der Waals surface area contributed by atoms with Crippen LogP contribution < -0.4 is 5.48 Å². The summed E-state index contributed by atoms with van der Waals surface area (Å²) in [6.07, 6.45) is -3.30. The second-order valence-corrected chi connectivity index (χ2v) is 8.16. The molecule has 0 radical (unpaired) electrons. The van der Waals surface area contributed by atoms with Gasteiger partial charge >= 0.3 is 12.1 Å². The smallest absolute Gasteiger partial charge is 0.429 e. The predicted octanol–water partition coefficient (Wildman–Crippen LogP) is 6.11. The zero-order chi connectivity index (χ0) is 22.3. The normalized spacial score (nSPS) is 19.1. The summed E-state index contributed by atoms with van der Waals surface area (Å²) < 4.78 is 48.0. The lowest BCUT2D eigenvalue weighted by atomic mass is 9.90. The predicted molar refractivity (Wildman–Crippen MR) is 111 cm³/mol. The molecule has 0 saturated carbocycles. The van der Waals surface area contributed by atoms with Crippen molar-refractivity contribution in [1.29, 1.82) is 0 Å². The van der Waals surface area contributed by atoms with E-state index in [2.05, 4.69) is 5.48 Å². The summed E-state index contributed by atoms with van der Waals surface area (Å²) in [7, 11) is 1.25. The number of hydrogen-bond acceptors (Lipinski definition) is 5. The van der Waals surface area contributed by atoms with E-state index < -0.39 is 17.7 Å². The first kappa shape index (κ1) is 22.8. The summed E-state index contributed by atoms with van der Waals surface area (Å²) >= 11 is 12.8. The molecule has 10 heteroatoms. The van der Waals surface area contributed by atoms with E-state index in [4.69, 9.17) is 32.8 Å². The third-order valence-electron chi connectivity index (χ3n) is 4.65. The van der Waals surface area contributed by atoms with Crippen molar-refractivity contribution in [1.82, 2.24) is 5.48 Å². The Hall–Kier alpha value is -1.87. The highest BCUT2D eigenvalue weighted by molar-refractivity contribution is 8.02. The third kappa shape index (κ3) is 3.77. The zero-order valence-electron chi connectivity index (χ0n) is 16.0. The zero-order valence-corrected chi connectivity index (χ0v) is 18.3. The monoisotopic (exact) mass is 477 g/mol. The van der Waals surface area contributed by atoms with Crippen molar-refractivity contribution in [2.75, 3.05) is 13.4 Å². The van der Waals surface area contributed by atoms with Gasteiger partial charge in [0.15, 0.2) is 0 Å². The first-order chi connectivity index (χ1) is 14.0. The van der Waals surface area contributed by atoms with E-state index in [0.717, 1.165) is 11.8 Å². The number of aryl methyl sites for hydroxylation is 1. The van der Waals surface area contributed by atoms with Crippen LogP contribution in [0.5, 0.6) is 0 Å². The number of alkyl halides is 3. The number of thioether (sulfide) groups is 1. The van der Waals surface area contributed by atoms with Crippen LogP contribution in [0.2, 0.25) is 10.0 Å². The Morgan fingerprint density at radius 3 is 2.30 bits per heavy atom. The van der Waals surface area contributed by atoms with Gasteiger partial charge in [0, 0.05) is 21.2 Å². The van der Waals surface area contributed by atoms with Gasteiger partial charge in [0.05, 0.1) is 23.3 Å². The molecule has 0 fully saturated rings. The summed E-state index contributed by atoms with van der Waals surface area (Å²) in [4.78, 5) is 16.9. The molecule has 1 atom stereocenters. The summed E-state index contributed by atoms with van der Waals surface area (Å²) in [6, 6.07) is 8.30. The van der Waals surface area contributed by atoms with Crippen LogP contribution >= 0.6 is 35.0 Å². The van der Waals surface area contributed by atoms with E-state index in [1.165, 1.54) is 43.7 Å². The maximum Gasteiger partial charge on any atom is 0.429 e. The molecule has 160 valence electrons. The first-order valence-corrected chi connectivity index (χ1v) is 10.5. The van der Waals surface area contributed by atoms with Gasteiger partial charge in [0.1, 0.15) is 0 Å². The largest absolute Gasteiger partial charge is 0.465 e. The molecule has 0 aliphatic carbocycles. The highest BCUT2D eigenvalue weighted by Gasteiger charge is 2.64. The van der Waals surface area contributed by atoms with E-state index in [-0.39, 0.29) is 26.2 Å². The molecule has 3 rings (SSSR count). The number of hydroxylamine groups is 1. The minimum absolute atomic E-state index is 0.0527. The van der Waals surface area contributed by atoms with E-state index in [1.807, 2.05) is 0 Å². The van der Waals surface area contributed by atoms with Gasteiger partial charge in [-0.25, -0.2) is 9.63 Å². The van der Waals surface area contributed by atoms with Gasteiger partial charge in [-0.05, 0) is 49.1 Å². The maximum atomic E-state index is 14.4. The van der Waals surface area contributed by atoms with Gasteiger partial charge in [-0.15, -0.1) is 11.8 Å². The van der Waals surface area contributed by atoms with Crippen LogP contribution in [0, 0.1) is 6.92 Å². The van der Waals surface area contributed by atoms with Gasteiger partial charge in [0.2, 0.25) is 5.60 Å². The number of hydrogen-bond donors (Lipinski definition) is 1. The Morgan fingerprint density at radius 2 is 1.80 bits per heavy atom. The fraction of sp³-hybridized carbons (Fsp3) is 0.250. The fourth-order valence-electron chi connectivity index (χ4n) is 3.29. The summed E-state index contributed by atoms with van der Waals surface area (Å²) in [5.74, 6) is -0.535. The number of methoxy groups -OCH3 is 1. The van der Waals surface area contributed by atoms with Crippen molar-refractivity contribution < 1.29 is 27.5 Å². The van der Waals surface area contributed by atoms with Crippen LogP contribution in [0.1, 0.15) is 27.0 Å². The molecule has 1 aliphatic heterocycles. The lowest BCUT2D eigenvalue weighted by Gasteiger charge is -2.32. The second-order valence-electron chi connectivity index (χ2n) is 6.47. The molecule has 0 aromatic heterocycles. The van der Waals surface area contributed by atoms with E-state index in [0.29, 0.717) is 16.7 Å². The number of ether oxygens (including phenoxy) is 1. The average Bonchev–Trinajstić information content (AvgIpc) is 3.07. The molecule has 1 aliphatic rings. The number of benzene rings is 2. The number of esters is 1. The van der Waals surface area contributed by atoms with Crippen molar-refractivity contribution >= 4 is 46.6 Å². The molecule has 2 aromatic carbocycles. The molecule has 0 saturated heterocycles. The number of nitrogens with one attached hydrogen (secondary N) is 1. The Bertz CT molecular complexity index is 1020. The third-order valence-corrected chi connectivity index (χ3v) is 5.98. The molecular weight excluding hydrogens is 462 g/mol. The van der Waals surface area contributed by atoms with Crippen LogP contribution in [0.25, 0.3) is 5.70 Å². The molecule has 1 heterocycles. The summed E-state index contributed by atoms with van der Waals surface area (Å²) in [6.45, 7) is 1.67. The Morgan fingerprint density at radius 1 is 1.17 bits per heavy atom. The molecule has 30 heavy (non-hydrogen) atoms. The van der Waals surface area contributed by atoms with Crippen molar-refractivity contribution in [3.05, 3.63) is 73.6 Å². The van der Waals surface area contributed by atoms with Gasteiger partial charge in [0.25, 0.3) is 0 Å². The van der Waals surface area contributed by atoms with Crippen molar-refractivity contribution in [2.45, 2.75) is 18.7 Å². The van der Waals surface area contributed by atoms with Crippen molar-refractivity contribution in [3.63, 3.8) is 0 Å². The minimum atomic E-state index is -4.82. The molecule has 0 spiro atoms. The SMILES string of the molecule is COC(=O)c1ccc(C2=C(SC)C(c3cc(Cl)cc(Cl)c3)(C(F)(F)F)ON2)cc1C. The molecule has 1 N–H and O–H groups in total. The Kier molecular flexibility index (Phi) is 6.34. The fourth-order valence-corrected chi connectivity index (χ4v) is 4.74. The molecule has 0 bridgehead atoms. The summed E-state index contributed by atoms with van der Waals surface area (Å²) in [5, 5.41) is 0.105. The van der Waals surface area contributed by atoms with E-state index in [9.17, 15) is 18.0 Å². The highest BCUT2D eigenvalue weighted by Crippen LogP contribution is 2.55. The van der Waals surface area contributed by atoms with E-state index in [1.54, 1.807) is 13.0 Å². The van der Waals surface area contributed by atoms with Gasteiger partial charge < -0.3 is 4.74 Å². The van der Waals surface area contributed by atoms with Gasteiger partial charge in [-0.1, -0.05) is 29.3 Å². The highest BCUT2D eigenvalue weighted by atomic mass is 35.5. The minimum Gasteiger partial charge on any atom is -0.465 e. The number of carbonyl (C=O) groups excluding carboxylic acids is 1. The standard InChI is InChI=1S/C20H16Cl2F3NO3S/c1-10-6-11(4-5-15(10)18(27)28-2)16-17(30-3)19(29-26-16,20(23,24)25)12-7-13(21)9-14(22)8-12/h4-9,26H,1-3H3. The topological polar surface area (TPSA) is 47.6 Å². The van der Waals surface area contributed by atoms with Gasteiger partial charge in [-0.3, -0.25) is 5.48 Å². The lowest BCUT2D eigenvalue weighted by molar-refractivity contribution is -0.270. The van der Waals surface area contributed by atoms with Crippen LogP contribution in [0.4, 0.5) is 13.2 Å². The lowest BCUT2D eigenvalue weighted by Crippen LogP contribution is -2.44. The summed E-state index contributed by atoms with van der Waals surface area (Å²) in [5.41, 5.74) is 0.802. The Labute approximate surface area is 185 Å². The number of carbonyl (C=O) groups is 1.